The minimum Gasteiger partial charge on any atom is -0.316 e. The topological polar surface area (TPSA) is 12.0 Å². The SMILES string of the molecule is CNC/C(=C/c1ccc(Cl)cc1Br)C(C)C. The number of halogens is 2. The van der Waals surface area contributed by atoms with Crippen molar-refractivity contribution in [3.63, 3.8) is 0 Å². The van der Waals surface area contributed by atoms with Crippen molar-refractivity contribution < 1.29 is 0 Å². The van der Waals surface area contributed by atoms with Crippen molar-refractivity contribution in [2.24, 2.45) is 5.92 Å². The Hall–Kier alpha value is -0.310. The van der Waals surface area contributed by atoms with Gasteiger partial charge in [0, 0.05) is 16.0 Å². The van der Waals surface area contributed by atoms with Gasteiger partial charge in [-0.1, -0.05) is 59.1 Å². The molecule has 0 saturated heterocycles. The summed E-state index contributed by atoms with van der Waals surface area (Å²) in [6.07, 6.45) is 2.21. The third kappa shape index (κ3) is 3.93. The minimum absolute atomic E-state index is 0.537. The Kier molecular flexibility index (Phi) is 5.53. The molecule has 0 fully saturated rings. The van der Waals surface area contributed by atoms with Crippen molar-refractivity contribution in [1.29, 1.82) is 0 Å². The summed E-state index contributed by atoms with van der Waals surface area (Å²) in [7, 11) is 1.97. The van der Waals surface area contributed by atoms with E-state index in [1.807, 2.05) is 25.2 Å². The molecule has 1 N–H and O–H groups in total. The molecule has 0 atom stereocenters. The highest BCUT2D eigenvalue weighted by molar-refractivity contribution is 9.10. The van der Waals surface area contributed by atoms with Gasteiger partial charge in [-0.05, 0) is 30.7 Å². The first-order valence-electron chi connectivity index (χ1n) is 5.34. The van der Waals surface area contributed by atoms with E-state index >= 15 is 0 Å². The highest BCUT2D eigenvalue weighted by atomic mass is 79.9. The largest absolute Gasteiger partial charge is 0.316 e. The number of benzene rings is 1. The van der Waals surface area contributed by atoms with Crippen LogP contribution in [0.5, 0.6) is 0 Å². The van der Waals surface area contributed by atoms with E-state index in [0.717, 1.165) is 16.0 Å². The third-order valence-electron chi connectivity index (χ3n) is 2.43. The molecule has 0 amide bonds. The molecule has 0 aliphatic carbocycles. The van der Waals surface area contributed by atoms with Gasteiger partial charge in [0.1, 0.15) is 0 Å². The quantitative estimate of drug-likeness (QED) is 0.871. The number of rotatable bonds is 4. The molecule has 88 valence electrons. The van der Waals surface area contributed by atoms with Crippen LogP contribution in [0.2, 0.25) is 5.02 Å². The summed E-state index contributed by atoms with van der Waals surface area (Å²) >= 11 is 9.44. The van der Waals surface area contributed by atoms with Gasteiger partial charge in [-0.15, -0.1) is 0 Å². The van der Waals surface area contributed by atoms with Crippen LogP contribution in [0.15, 0.2) is 28.2 Å². The van der Waals surface area contributed by atoms with Crippen LogP contribution < -0.4 is 5.32 Å². The lowest BCUT2D eigenvalue weighted by Crippen LogP contribution is -2.13. The second-order valence-corrected chi connectivity index (χ2v) is 5.36. The van der Waals surface area contributed by atoms with E-state index in [1.165, 1.54) is 11.1 Å². The Morgan fingerprint density at radius 2 is 2.19 bits per heavy atom. The molecular formula is C13H17BrClN. The molecule has 0 heterocycles. The molecule has 0 aliphatic heterocycles. The molecule has 0 saturated carbocycles. The van der Waals surface area contributed by atoms with Gasteiger partial charge >= 0.3 is 0 Å². The minimum atomic E-state index is 0.537. The summed E-state index contributed by atoms with van der Waals surface area (Å²) in [5, 5.41) is 3.94. The molecule has 1 nitrogen and oxygen atoms in total. The van der Waals surface area contributed by atoms with E-state index in [-0.39, 0.29) is 0 Å². The van der Waals surface area contributed by atoms with E-state index in [2.05, 4.69) is 41.2 Å². The molecule has 0 unspecified atom stereocenters. The predicted octanol–water partition coefficient (Wildman–Crippen LogP) is 4.36. The Balaban J connectivity index is 3.02. The summed E-state index contributed by atoms with van der Waals surface area (Å²) in [4.78, 5) is 0. The van der Waals surface area contributed by atoms with Crippen molar-refractivity contribution in [2.45, 2.75) is 13.8 Å². The van der Waals surface area contributed by atoms with E-state index in [9.17, 15) is 0 Å². The van der Waals surface area contributed by atoms with Crippen molar-refractivity contribution in [3.8, 4) is 0 Å². The summed E-state index contributed by atoms with van der Waals surface area (Å²) in [5.74, 6) is 0.537. The van der Waals surface area contributed by atoms with Crippen LogP contribution in [0.4, 0.5) is 0 Å². The van der Waals surface area contributed by atoms with Crippen LogP contribution in [-0.2, 0) is 0 Å². The molecule has 0 spiro atoms. The van der Waals surface area contributed by atoms with E-state index in [1.54, 1.807) is 0 Å². The van der Waals surface area contributed by atoms with E-state index < -0.39 is 0 Å². The smallest absolute Gasteiger partial charge is 0.0417 e. The number of nitrogens with one attached hydrogen (secondary N) is 1. The molecule has 16 heavy (non-hydrogen) atoms. The van der Waals surface area contributed by atoms with Crippen LogP contribution >= 0.6 is 27.5 Å². The third-order valence-corrected chi connectivity index (χ3v) is 3.35. The van der Waals surface area contributed by atoms with Crippen LogP contribution in [0.25, 0.3) is 6.08 Å². The van der Waals surface area contributed by atoms with E-state index in [4.69, 9.17) is 11.6 Å². The summed E-state index contributed by atoms with van der Waals surface area (Å²) in [6.45, 7) is 5.31. The Morgan fingerprint density at radius 1 is 1.50 bits per heavy atom. The first-order chi connectivity index (χ1) is 7.54. The second kappa shape index (κ2) is 6.43. The average molecular weight is 303 g/mol. The molecular weight excluding hydrogens is 286 g/mol. The molecule has 3 heteroatoms. The van der Waals surface area contributed by atoms with Gasteiger partial charge in [-0.2, -0.15) is 0 Å². The van der Waals surface area contributed by atoms with Gasteiger partial charge in [0.25, 0.3) is 0 Å². The van der Waals surface area contributed by atoms with Crippen LogP contribution in [0.3, 0.4) is 0 Å². The Bertz CT molecular complexity index is 386. The fraction of sp³-hybridized carbons (Fsp3) is 0.385. The maximum Gasteiger partial charge on any atom is 0.0417 e. The van der Waals surface area contributed by atoms with Gasteiger partial charge in [-0.25, -0.2) is 0 Å². The first-order valence-corrected chi connectivity index (χ1v) is 6.51. The lowest BCUT2D eigenvalue weighted by Gasteiger charge is -2.11. The van der Waals surface area contributed by atoms with Gasteiger partial charge in [0.05, 0.1) is 0 Å². The molecule has 0 radical (unpaired) electrons. The van der Waals surface area contributed by atoms with Gasteiger partial charge in [0.2, 0.25) is 0 Å². The average Bonchev–Trinajstić information content (AvgIpc) is 2.20. The molecule has 0 bridgehead atoms. The lowest BCUT2D eigenvalue weighted by molar-refractivity contribution is 0.713. The molecule has 1 aromatic carbocycles. The van der Waals surface area contributed by atoms with Gasteiger partial charge in [-0.3, -0.25) is 0 Å². The van der Waals surface area contributed by atoms with Crippen LogP contribution in [0, 0.1) is 5.92 Å². The highest BCUT2D eigenvalue weighted by Gasteiger charge is 2.04. The monoisotopic (exact) mass is 301 g/mol. The summed E-state index contributed by atoms with van der Waals surface area (Å²) < 4.78 is 1.04. The zero-order chi connectivity index (χ0) is 12.1. The van der Waals surface area contributed by atoms with Crippen LogP contribution in [0.1, 0.15) is 19.4 Å². The van der Waals surface area contributed by atoms with Crippen molar-refractivity contribution >= 4 is 33.6 Å². The Labute approximate surface area is 111 Å². The summed E-state index contributed by atoms with van der Waals surface area (Å²) in [5.41, 5.74) is 2.55. The number of hydrogen-bond donors (Lipinski definition) is 1. The fourth-order valence-corrected chi connectivity index (χ4v) is 2.24. The van der Waals surface area contributed by atoms with E-state index in [0.29, 0.717) is 5.92 Å². The number of hydrogen-bond acceptors (Lipinski definition) is 1. The second-order valence-electron chi connectivity index (χ2n) is 4.07. The zero-order valence-corrected chi connectivity index (χ0v) is 12.2. The lowest BCUT2D eigenvalue weighted by atomic mass is 10.0. The molecule has 1 rings (SSSR count). The van der Waals surface area contributed by atoms with Gasteiger partial charge < -0.3 is 5.32 Å². The predicted molar refractivity (Wildman–Crippen MR) is 75.9 cm³/mol. The highest BCUT2D eigenvalue weighted by Crippen LogP contribution is 2.25. The van der Waals surface area contributed by atoms with Crippen molar-refractivity contribution in [3.05, 3.63) is 38.8 Å². The molecule has 1 aromatic rings. The maximum atomic E-state index is 5.91. The van der Waals surface area contributed by atoms with Crippen molar-refractivity contribution in [1.82, 2.24) is 5.32 Å². The number of likely N-dealkylation sites (N-methyl/N-ethyl adjacent to an activating group) is 1. The van der Waals surface area contributed by atoms with Gasteiger partial charge in [0.15, 0.2) is 0 Å². The Morgan fingerprint density at radius 3 is 2.69 bits per heavy atom. The first kappa shape index (κ1) is 13.8. The zero-order valence-electron chi connectivity index (χ0n) is 9.85. The standard InChI is InChI=1S/C13H17BrClN/c1-9(2)11(8-16-3)6-10-4-5-12(15)7-13(10)14/h4-7,9,16H,8H2,1-3H3/b11-6-. The maximum absolute atomic E-state index is 5.91. The van der Waals surface area contributed by atoms with Crippen LogP contribution in [-0.4, -0.2) is 13.6 Å². The molecule has 0 aliphatic rings. The van der Waals surface area contributed by atoms with Crippen molar-refractivity contribution in [2.75, 3.05) is 13.6 Å². The fourth-order valence-electron chi connectivity index (χ4n) is 1.44. The summed E-state index contributed by atoms with van der Waals surface area (Å²) in [6, 6.07) is 5.87. The molecule has 0 aromatic heterocycles. The normalized spacial score (nSPS) is 12.2.